The fourth-order valence-electron chi connectivity index (χ4n) is 2.09. The highest BCUT2D eigenvalue weighted by molar-refractivity contribution is 5.63. The summed E-state index contributed by atoms with van der Waals surface area (Å²) in [5, 5.41) is 2.96. The molecule has 0 aliphatic carbocycles. The van der Waals surface area contributed by atoms with E-state index in [1.54, 1.807) is 18.2 Å². The molecule has 5 nitrogen and oxygen atoms in total. The van der Waals surface area contributed by atoms with Crippen molar-refractivity contribution in [2.45, 2.75) is 6.42 Å². The Morgan fingerprint density at radius 2 is 2.00 bits per heavy atom. The molecule has 0 aliphatic rings. The second-order valence-corrected chi connectivity index (χ2v) is 4.49. The fourth-order valence-corrected chi connectivity index (χ4v) is 2.09. The molecule has 0 spiro atoms. The number of aromatic amines is 1. The number of hydrogen-bond acceptors (Lipinski definition) is 3. The highest BCUT2D eigenvalue weighted by Gasteiger charge is 2.07. The molecular weight excluding hydrogens is 259 g/mol. The Labute approximate surface area is 113 Å². The van der Waals surface area contributed by atoms with Gasteiger partial charge in [0.1, 0.15) is 5.82 Å². The maximum Gasteiger partial charge on any atom is 0.272 e. The standard InChI is InChI=1S/C14H13FN4O/c15-10-3-1-9(2-4-10)12-8-13-17-11(5-6-16)7-14(20)19(13)18-12/h1-4,7-8,18H,5-6,16H2. The Morgan fingerprint density at radius 3 is 2.70 bits per heavy atom. The third-order valence-corrected chi connectivity index (χ3v) is 3.06. The first kappa shape index (κ1) is 12.6. The average Bonchev–Trinajstić information content (AvgIpc) is 2.84. The minimum absolute atomic E-state index is 0.188. The number of nitrogens with one attached hydrogen (secondary N) is 1. The summed E-state index contributed by atoms with van der Waals surface area (Å²) in [4.78, 5) is 16.3. The van der Waals surface area contributed by atoms with Crippen LogP contribution in [0, 0.1) is 5.82 Å². The normalized spacial score (nSPS) is 11.1. The molecule has 0 radical (unpaired) electrons. The van der Waals surface area contributed by atoms with Crippen LogP contribution in [-0.4, -0.2) is 21.1 Å². The molecular formula is C14H13FN4O. The number of hydrogen-bond donors (Lipinski definition) is 2. The zero-order valence-electron chi connectivity index (χ0n) is 10.6. The second-order valence-electron chi connectivity index (χ2n) is 4.49. The highest BCUT2D eigenvalue weighted by Crippen LogP contribution is 2.18. The van der Waals surface area contributed by atoms with Crippen molar-refractivity contribution in [3.8, 4) is 11.3 Å². The molecule has 0 amide bonds. The molecule has 0 bridgehead atoms. The molecule has 3 N–H and O–H groups in total. The van der Waals surface area contributed by atoms with Crippen molar-refractivity contribution in [3.05, 3.63) is 58.3 Å². The molecule has 0 aliphatic heterocycles. The molecule has 20 heavy (non-hydrogen) atoms. The maximum atomic E-state index is 12.9. The SMILES string of the molecule is NCCc1cc(=O)n2[nH]c(-c3ccc(F)cc3)cc2n1. The number of H-pyrrole nitrogens is 1. The largest absolute Gasteiger partial charge is 0.330 e. The Morgan fingerprint density at radius 1 is 1.25 bits per heavy atom. The Balaban J connectivity index is 2.12. The van der Waals surface area contributed by atoms with E-state index in [-0.39, 0.29) is 11.4 Å². The molecule has 6 heteroatoms. The van der Waals surface area contributed by atoms with E-state index in [2.05, 4.69) is 10.1 Å². The molecule has 102 valence electrons. The highest BCUT2D eigenvalue weighted by atomic mass is 19.1. The maximum absolute atomic E-state index is 12.9. The van der Waals surface area contributed by atoms with Gasteiger partial charge in [0.2, 0.25) is 0 Å². The molecule has 0 fully saturated rings. The quantitative estimate of drug-likeness (QED) is 0.755. The zero-order valence-corrected chi connectivity index (χ0v) is 10.6. The number of aromatic nitrogens is 3. The lowest BCUT2D eigenvalue weighted by molar-refractivity contribution is 0.628. The molecule has 3 aromatic rings. The molecule has 3 rings (SSSR count). The van der Waals surface area contributed by atoms with Crippen LogP contribution in [0.3, 0.4) is 0 Å². The first-order valence-electron chi connectivity index (χ1n) is 6.25. The predicted octanol–water partition coefficient (Wildman–Crippen LogP) is 1.33. The summed E-state index contributed by atoms with van der Waals surface area (Å²) < 4.78 is 14.3. The number of halogens is 1. The van der Waals surface area contributed by atoms with Gasteiger partial charge in [-0.25, -0.2) is 13.9 Å². The van der Waals surface area contributed by atoms with Crippen LogP contribution in [0.2, 0.25) is 0 Å². The number of nitrogens with two attached hydrogens (primary N) is 1. The van der Waals surface area contributed by atoms with E-state index < -0.39 is 0 Å². The van der Waals surface area contributed by atoms with Crippen molar-refractivity contribution < 1.29 is 4.39 Å². The van der Waals surface area contributed by atoms with E-state index in [9.17, 15) is 9.18 Å². The van der Waals surface area contributed by atoms with Gasteiger partial charge in [0, 0.05) is 24.2 Å². The smallest absolute Gasteiger partial charge is 0.272 e. The van der Waals surface area contributed by atoms with Gasteiger partial charge in [-0.05, 0) is 36.4 Å². The first-order chi connectivity index (χ1) is 9.67. The van der Waals surface area contributed by atoms with Gasteiger partial charge in [-0.1, -0.05) is 0 Å². The number of nitrogens with zero attached hydrogens (tertiary/aromatic N) is 2. The zero-order chi connectivity index (χ0) is 14.1. The van der Waals surface area contributed by atoms with Crippen LogP contribution in [0.15, 0.2) is 41.2 Å². The van der Waals surface area contributed by atoms with E-state index in [0.29, 0.717) is 30.0 Å². The van der Waals surface area contributed by atoms with Gasteiger partial charge in [-0.2, -0.15) is 0 Å². The van der Waals surface area contributed by atoms with Gasteiger partial charge < -0.3 is 5.73 Å². The molecule has 0 saturated carbocycles. The number of rotatable bonds is 3. The van der Waals surface area contributed by atoms with Crippen molar-refractivity contribution in [2.24, 2.45) is 5.73 Å². The van der Waals surface area contributed by atoms with Crippen molar-refractivity contribution in [2.75, 3.05) is 6.54 Å². The minimum atomic E-state index is -0.301. The summed E-state index contributed by atoms with van der Waals surface area (Å²) in [6.07, 6.45) is 0.558. The van der Waals surface area contributed by atoms with Crippen LogP contribution < -0.4 is 11.3 Å². The number of fused-ring (bicyclic) bond motifs is 1. The van der Waals surface area contributed by atoms with E-state index in [0.717, 1.165) is 5.56 Å². The predicted molar refractivity (Wildman–Crippen MR) is 74.0 cm³/mol. The third kappa shape index (κ3) is 2.21. The van der Waals surface area contributed by atoms with Gasteiger partial charge in [0.15, 0.2) is 5.65 Å². The fraction of sp³-hybridized carbons (Fsp3) is 0.143. The van der Waals surface area contributed by atoms with Crippen molar-refractivity contribution in [3.63, 3.8) is 0 Å². The summed E-state index contributed by atoms with van der Waals surface area (Å²) in [7, 11) is 0. The lowest BCUT2D eigenvalue weighted by Crippen LogP contribution is -2.17. The van der Waals surface area contributed by atoms with Crippen LogP contribution in [0.4, 0.5) is 4.39 Å². The molecule has 0 unspecified atom stereocenters. The molecule has 2 aromatic heterocycles. The Kier molecular flexibility index (Phi) is 3.08. The summed E-state index contributed by atoms with van der Waals surface area (Å²) in [6, 6.07) is 9.25. The molecule has 1 aromatic carbocycles. The van der Waals surface area contributed by atoms with E-state index in [1.807, 2.05) is 0 Å². The molecule has 0 atom stereocenters. The summed E-state index contributed by atoms with van der Waals surface area (Å²) >= 11 is 0. The van der Waals surface area contributed by atoms with Gasteiger partial charge in [-0.3, -0.25) is 9.89 Å². The van der Waals surface area contributed by atoms with Crippen LogP contribution in [-0.2, 0) is 6.42 Å². The van der Waals surface area contributed by atoms with Crippen LogP contribution in [0.25, 0.3) is 16.9 Å². The van der Waals surface area contributed by atoms with E-state index in [4.69, 9.17) is 5.73 Å². The Hall–Kier alpha value is -2.47. The minimum Gasteiger partial charge on any atom is -0.330 e. The van der Waals surface area contributed by atoms with Crippen LogP contribution in [0.5, 0.6) is 0 Å². The Bertz CT molecular complexity index is 804. The monoisotopic (exact) mass is 272 g/mol. The summed E-state index contributed by atoms with van der Waals surface area (Å²) in [5.74, 6) is -0.301. The van der Waals surface area contributed by atoms with E-state index in [1.165, 1.54) is 22.7 Å². The van der Waals surface area contributed by atoms with E-state index >= 15 is 0 Å². The summed E-state index contributed by atoms with van der Waals surface area (Å²) in [5.41, 5.74) is 7.98. The van der Waals surface area contributed by atoms with Gasteiger partial charge in [0.25, 0.3) is 5.56 Å². The topological polar surface area (TPSA) is 76.2 Å². The van der Waals surface area contributed by atoms with Gasteiger partial charge >= 0.3 is 0 Å². The van der Waals surface area contributed by atoms with Crippen molar-refractivity contribution >= 4 is 5.65 Å². The lowest BCUT2D eigenvalue weighted by Gasteiger charge is -1.98. The van der Waals surface area contributed by atoms with Crippen molar-refractivity contribution in [1.82, 2.24) is 14.6 Å². The van der Waals surface area contributed by atoms with Gasteiger partial charge in [-0.15, -0.1) is 0 Å². The van der Waals surface area contributed by atoms with Gasteiger partial charge in [0.05, 0.1) is 5.69 Å². The second kappa shape index (κ2) is 4.90. The number of benzene rings is 1. The lowest BCUT2D eigenvalue weighted by atomic mass is 10.1. The van der Waals surface area contributed by atoms with Crippen LogP contribution >= 0.6 is 0 Å². The summed E-state index contributed by atoms with van der Waals surface area (Å²) in [6.45, 7) is 0.442. The average molecular weight is 272 g/mol. The van der Waals surface area contributed by atoms with Crippen molar-refractivity contribution in [1.29, 1.82) is 0 Å². The molecule has 0 saturated heterocycles. The van der Waals surface area contributed by atoms with Crippen LogP contribution in [0.1, 0.15) is 5.69 Å². The first-order valence-corrected chi connectivity index (χ1v) is 6.25. The third-order valence-electron chi connectivity index (χ3n) is 3.06. The molecule has 2 heterocycles.